The van der Waals surface area contributed by atoms with Crippen molar-refractivity contribution in [1.82, 2.24) is 14.3 Å². The molecule has 0 saturated heterocycles. The fourth-order valence-electron chi connectivity index (χ4n) is 3.24. The van der Waals surface area contributed by atoms with Gasteiger partial charge in [-0.3, -0.25) is 9.48 Å². The first-order valence-corrected chi connectivity index (χ1v) is 8.76. The third kappa shape index (κ3) is 2.95. The molecule has 0 aliphatic carbocycles. The van der Waals surface area contributed by atoms with Crippen molar-refractivity contribution in [3.05, 3.63) is 81.0 Å². The number of nitrogens with zero attached hydrogens (tertiary/aromatic N) is 4. The van der Waals surface area contributed by atoms with E-state index in [2.05, 4.69) is 10.1 Å². The molecule has 0 amide bonds. The monoisotopic (exact) mass is 394 g/mol. The number of aryl methyl sites for hydroxylation is 2. The predicted octanol–water partition coefficient (Wildman–Crippen LogP) is 2.72. The van der Waals surface area contributed by atoms with Crippen molar-refractivity contribution in [1.29, 1.82) is 0 Å². The van der Waals surface area contributed by atoms with E-state index in [1.54, 1.807) is 43.3 Å². The van der Waals surface area contributed by atoms with Crippen molar-refractivity contribution in [2.24, 2.45) is 19.1 Å². The van der Waals surface area contributed by atoms with Crippen LogP contribution in [0.4, 0.5) is 0 Å². The highest BCUT2D eigenvalue weighted by Crippen LogP contribution is 2.36. The Kier molecular flexibility index (Phi) is 4.24. The summed E-state index contributed by atoms with van der Waals surface area (Å²) in [5.74, 6) is -1.15. The second-order valence-electron chi connectivity index (χ2n) is 6.42. The minimum atomic E-state index is -1.15. The van der Waals surface area contributed by atoms with E-state index in [4.69, 9.17) is 11.6 Å². The number of benzene rings is 1. The van der Waals surface area contributed by atoms with Crippen molar-refractivity contribution in [3.8, 4) is 11.1 Å². The molecule has 140 valence electrons. The fraction of sp³-hybridized carbons (Fsp3) is 0.100. The van der Waals surface area contributed by atoms with Crippen molar-refractivity contribution in [2.75, 3.05) is 0 Å². The molecule has 7 nitrogen and oxygen atoms in total. The molecule has 0 bridgehead atoms. The summed E-state index contributed by atoms with van der Waals surface area (Å²) in [6.07, 6.45) is 4.37. The second-order valence-corrected chi connectivity index (χ2v) is 6.85. The molecule has 28 heavy (non-hydrogen) atoms. The number of carbonyl (C=O) groups is 1. The van der Waals surface area contributed by atoms with Gasteiger partial charge in [0.05, 0.1) is 23.3 Å². The number of hydrogen-bond donors (Lipinski definition) is 1. The van der Waals surface area contributed by atoms with Crippen molar-refractivity contribution in [3.63, 3.8) is 0 Å². The lowest BCUT2D eigenvalue weighted by Crippen LogP contribution is -2.16. The van der Waals surface area contributed by atoms with Crippen LogP contribution in [0.5, 0.6) is 0 Å². The van der Waals surface area contributed by atoms with Crippen LogP contribution in [-0.2, 0) is 18.9 Å². The summed E-state index contributed by atoms with van der Waals surface area (Å²) < 4.78 is 3.13. The number of aliphatic imine (C=N–C) groups is 1. The third-order valence-corrected chi connectivity index (χ3v) is 4.82. The van der Waals surface area contributed by atoms with Gasteiger partial charge < -0.3 is 9.67 Å². The number of rotatable bonds is 2. The topological polar surface area (TPSA) is 89.5 Å². The normalized spacial score (nSPS) is 14.2. The van der Waals surface area contributed by atoms with Gasteiger partial charge >= 0.3 is 5.97 Å². The van der Waals surface area contributed by atoms with Gasteiger partial charge in [-0.2, -0.15) is 5.10 Å². The number of aliphatic carboxylic acids is 1. The molecule has 0 saturated carbocycles. The Balaban J connectivity index is 2.11. The first-order valence-electron chi connectivity index (χ1n) is 8.38. The Labute approximate surface area is 164 Å². The molecule has 4 rings (SSSR count). The highest BCUT2D eigenvalue weighted by atomic mass is 35.5. The number of hydrogen-bond acceptors (Lipinski definition) is 4. The quantitative estimate of drug-likeness (QED) is 0.677. The smallest absolute Gasteiger partial charge is 0.330 e. The van der Waals surface area contributed by atoms with Crippen molar-refractivity contribution in [2.45, 2.75) is 0 Å². The summed E-state index contributed by atoms with van der Waals surface area (Å²) >= 11 is 6.01. The molecular formula is C20H15ClN4O3. The number of fused-ring (bicyclic) bond motifs is 3. The van der Waals surface area contributed by atoms with E-state index in [1.165, 1.54) is 10.6 Å². The molecule has 1 aromatic carbocycles. The van der Waals surface area contributed by atoms with E-state index in [1.807, 2.05) is 12.1 Å². The molecule has 8 heteroatoms. The van der Waals surface area contributed by atoms with Crippen LogP contribution in [0.2, 0.25) is 5.02 Å². The SMILES string of the molecule is Cn1ncc2c1C(c1ccc(Cl)cc1)=NC(=CC(=O)O)c1cc(=O)n(C)cc1-2. The molecule has 3 heterocycles. The largest absolute Gasteiger partial charge is 0.478 e. The van der Waals surface area contributed by atoms with E-state index in [0.29, 0.717) is 21.9 Å². The average Bonchev–Trinajstić information content (AvgIpc) is 2.96. The van der Waals surface area contributed by atoms with E-state index in [0.717, 1.165) is 22.9 Å². The Morgan fingerprint density at radius 3 is 2.54 bits per heavy atom. The zero-order chi connectivity index (χ0) is 20.0. The van der Waals surface area contributed by atoms with Gasteiger partial charge in [-0.1, -0.05) is 23.7 Å². The molecular weight excluding hydrogens is 380 g/mol. The molecule has 1 N–H and O–H groups in total. The molecule has 0 atom stereocenters. The van der Waals surface area contributed by atoms with Crippen LogP contribution in [-0.4, -0.2) is 31.1 Å². The van der Waals surface area contributed by atoms with E-state index in [-0.39, 0.29) is 11.3 Å². The van der Waals surface area contributed by atoms with Crippen LogP contribution in [0.15, 0.2) is 58.6 Å². The fourth-order valence-corrected chi connectivity index (χ4v) is 3.37. The van der Waals surface area contributed by atoms with Gasteiger partial charge in [0.1, 0.15) is 0 Å². The maximum Gasteiger partial charge on any atom is 0.330 e. The van der Waals surface area contributed by atoms with E-state index < -0.39 is 5.97 Å². The molecule has 0 spiro atoms. The zero-order valence-corrected chi connectivity index (χ0v) is 15.8. The first-order chi connectivity index (χ1) is 13.3. The van der Waals surface area contributed by atoms with Crippen molar-refractivity contribution < 1.29 is 9.90 Å². The standard InChI is InChI=1S/C20H15ClN4O3/c1-24-10-15-13(7-17(24)26)16(8-18(27)28)23-19(11-3-5-12(21)6-4-11)20-14(15)9-22-25(20)2/h3-10H,1-2H3,(H,27,28). The Morgan fingerprint density at radius 1 is 1.14 bits per heavy atom. The molecule has 1 aliphatic rings. The van der Waals surface area contributed by atoms with Crippen LogP contribution < -0.4 is 5.56 Å². The van der Waals surface area contributed by atoms with Crippen LogP contribution in [0.1, 0.15) is 16.8 Å². The van der Waals surface area contributed by atoms with Gasteiger partial charge in [-0.05, 0) is 12.1 Å². The summed E-state index contributed by atoms with van der Waals surface area (Å²) in [5, 5.41) is 14.3. The molecule has 2 aromatic heterocycles. The van der Waals surface area contributed by atoms with Gasteiger partial charge in [0.2, 0.25) is 0 Å². The minimum Gasteiger partial charge on any atom is -0.478 e. The van der Waals surface area contributed by atoms with Gasteiger partial charge in [0.25, 0.3) is 5.56 Å². The number of carboxylic acids is 1. The van der Waals surface area contributed by atoms with Gasteiger partial charge in [0, 0.05) is 59.7 Å². The Bertz CT molecular complexity index is 1230. The average molecular weight is 395 g/mol. The summed E-state index contributed by atoms with van der Waals surface area (Å²) in [6, 6.07) is 8.50. The summed E-state index contributed by atoms with van der Waals surface area (Å²) in [5.41, 5.74) is 3.85. The summed E-state index contributed by atoms with van der Waals surface area (Å²) in [4.78, 5) is 28.3. The molecule has 0 fully saturated rings. The number of aromatic nitrogens is 3. The molecule has 3 aromatic rings. The van der Waals surface area contributed by atoms with Gasteiger partial charge in [0.15, 0.2) is 0 Å². The van der Waals surface area contributed by atoms with Gasteiger partial charge in [-0.25, -0.2) is 9.79 Å². The van der Waals surface area contributed by atoms with Crippen LogP contribution >= 0.6 is 11.6 Å². The first kappa shape index (κ1) is 17.9. The maximum absolute atomic E-state index is 12.2. The van der Waals surface area contributed by atoms with E-state index in [9.17, 15) is 14.7 Å². The molecule has 1 aliphatic heterocycles. The molecule has 0 radical (unpaired) electrons. The Morgan fingerprint density at radius 2 is 1.86 bits per heavy atom. The Hall–Kier alpha value is -3.45. The highest BCUT2D eigenvalue weighted by Gasteiger charge is 2.26. The highest BCUT2D eigenvalue weighted by molar-refractivity contribution is 6.30. The lowest BCUT2D eigenvalue weighted by atomic mass is 9.98. The predicted molar refractivity (Wildman–Crippen MR) is 107 cm³/mol. The van der Waals surface area contributed by atoms with Crippen LogP contribution in [0.3, 0.4) is 0 Å². The number of pyridine rings is 1. The van der Waals surface area contributed by atoms with Crippen LogP contribution in [0.25, 0.3) is 16.8 Å². The zero-order valence-electron chi connectivity index (χ0n) is 15.0. The van der Waals surface area contributed by atoms with E-state index >= 15 is 0 Å². The second kappa shape index (κ2) is 6.61. The maximum atomic E-state index is 12.2. The third-order valence-electron chi connectivity index (χ3n) is 4.57. The summed E-state index contributed by atoms with van der Waals surface area (Å²) in [6.45, 7) is 0. The lowest BCUT2D eigenvalue weighted by Gasteiger charge is -2.09. The number of halogens is 1. The van der Waals surface area contributed by atoms with Crippen molar-refractivity contribution >= 4 is 29.0 Å². The minimum absolute atomic E-state index is 0.196. The number of carboxylic acid groups (broad SMARTS) is 1. The lowest BCUT2D eigenvalue weighted by molar-refractivity contribution is -0.131. The van der Waals surface area contributed by atoms with Crippen LogP contribution in [0, 0.1) is 0 Å². The summed E-state index contributed by atoms with van der Waals surface area (Å²) in [7, 11) is 3.43. The van der Waals surface area contributed by atoms with Gasteiger partial charge in [-0.15, -0.1) is 0 Å². The molecule has 0 unspecified atom stereocenters.